The van der Waals surface area contributed by atoms with Gasteiger partial charge in [0.05, 0.1) is 33.5 Å². The summed E-state index contributed by atoms with van der Waals surface area (Å²) >= 11 is 0. The normalized spacial score (nSPS) is 17.7. The average Bonchev–Trinajstić information content (AvgIpc) is 2.76. The van der Waals surface area contributed by atoms with Gasteiger partial charge in [0.1, 0.15) is 5.92 Å². The molecule has 0 aromatic heterocycles. The lowest BCUT2D eigenvalue weighted by atomic mass is 9.79. The van der Waals surface area contributed by atoms with Crippen molar-refractivity contribution in [1.29, 1.82) is 0 Å². The highest BCUT2D eigenvalue weighted by molar-refractivity contribution is 6.01. The third kappa shape index (κ3) is 3.85. The Morgan fingerprint density at radius 3 is 2.19 bits per heavy atom. The Morgan fingerprint density at radius 1 is 1.00 bits per heavy atom. The maximum absolute atomic E-state index is 13.3. The van der Waals surface area contributed by atoms with Gasteiger partial charge in [0.15, 0.2) is 23.0 Å². The molecule has 1 N–H and O–H groups in total. The Morgan fingerprint density at radius 2 is 1.65 bits per heavy atom. The van der Waals surface area contributed by atoms with E-state index in [1.165, 1.54) is 19.1 Å². The second kappa shape index (κ2) is 9.16. The van der Waals surface area contributed by atoms with Crippen LogP contribution in [0.4, 0.5) is 0 Å². The summed E-state index contributed by atoms with van der Waals surface area (Å²) < 4.78 is 22.2. The topological polar surface area (TPSA) is 94.5 Å². The zero-order chi connectivity index (χ0) is 22.7. The Hall–Kier alpha value is -3.42. The van der Waals surface area contributed by atoms with Gasteiger partial charge < -0.3 is 29.0 Å². The van der Waals surface area contributed by atoms with E-state index >= 15 is 0 Å². The van der Waals surface area contributed by atoms with E-state index in [1.807, 2.05) is 13.8 Å². The quantitative estimate of drug-likeness (QED) is 0.686. The number of nitrogens with zero attached hydrogens (tertiary/aromatic N) is 1. The molecule has 1 amide bonds. The summed E-state index contributed by atoms with van der Waals surface area (Å²) in [6.07, 6.45) is 0. The molecule has 1 aliphatic rings. The van der Waals surface area contributed by atoms with E-state index in [2.05, 4.69) is 0 Å². The standard InChI is InChI=1S/C23H27NO7/c1-6-30-17-11-14-15(12-18(17)31-7-2)22(25)24(3)20(19(14)23(26)27)13-9-8-10-16(28-4)21(13)29-5/h8-12,19-20H,6-7H2,1-5H3,(H,26,27)/t19-,20+/m1/s1. The smallest absolute Gasteiger partial charge is 0.313 e. The first kappa shape index (κ1) is 22.3. The number of methoxy groups -OCH3 is 2. The second-order valence-corrected chi connectivity index (χ2v) is 7.01. The molecule has 1 aliphatic heterocycles. The SMILES string of the molecule is CCOc1cc2c(cc1OCC)[C@@H](C(=O)O)[C@H](c1cccc(OC)c1OC)N(C)C2=O. The van der Waals surface area contributed by atoms with Crippen LogP contribution in [-0.2, 0) is 4.79 Å². The lowest BCUT2D eigenvalue weighted by molar-refractivity contribution is -0.140. The van der Waals surface area contributed by atoms with Crippen molar-refractivity contribution < 1.29 is 33.6 Å². The number of hydrogen-bond donors (Lipinski definition) is 1. The molecule has 0 saturated heterocycles. The Balaban J connectivity index is 2.26. The lowest BCUT2D eigenvalue weighted by Gasteiger charge is -2.39. The number of hydrogen-bond acceptors (Lipinski definition) is 6. The summed E-state index contributed by atoms with van der Waals surface area (Å²) in [5.74, 6) is -0.769. The summed E-state index contributed by atoms with van der Waals surface area (Å²) in [6.45, 7) is 4.41. The number of para-hydroxylation sites is 1. The first-order valence-electron chi connectivity index (χ1n) is 10.0. The molecule has 8 heteroatoms. The van der Waals surface area contributed by atoms with Crippen LogP contribution >= 0.6 is 0 Å². The van der Waals surface area contributed by atoms with Gasteiger partial charge in [-0.2, -0.15) is 0 Å². The predicted molar refractivity (Wildman–Crippen MR) is 114 cm³/mol. The second-order valence-electron chi connectivity index (χ2n) is 7.01. The molecule has 0 bridgehead atoms. The molecule has 2 atom stereocenters. The summed E-state index contributed by atoms with van der Waals surface area (Å²) in [7, 11) is 4.57. The van der Waals surface area contributed by atoms with E-state index in [0.29, 0.717) is 47.3 Å². The van der Waals surface area contributed by atoms with Gasteiger partial charge in [0.2, 0.25) is 0 Å². The molecule has 0 saturated carbocycles. The number of carbonyl (C=O) groups is 2. The minimum absolute atomic E-state index is 0.278. The van der Waals surface area contributed by atoms with Crippen LogP contribution in [0.5, 0.6) is 23.0 Å². The van der Waals surface area contributed by atoms with Crippen molar-refractivity contribution >= 4 is 11.9 Å². The van der Waals surface area contributed by atoms with E-state index in [-0.39, 0.29) is 11.5 Å². The molecular weight excluding hydrogens is 402 g/mol. The molecule has 0 aliphatic carbocycles. The van der Waals surface area contributed by atoms with E-state index in [0.717, 1.165) is 0 Å². The maximum atomic E-state index is 13.3. The van der Waals surface area contributed by atoms with Crippen LogP contribution in [0.1, 0.15) is 47.3 Å². The minimum atomic E-state index is -1.07. The number of carboxylic acid groups (broad SMARTS) is 1. The third-order valence-electron chi connectivity index (χ3n) is 5.35. The number of carboxylic acids is 1. The van der Waals surface area contributed by atoms with E-state index in [4.69, 9.17) is 18.9 Å². The average molecular weight is 429 g/mol. The Labute approximate surface area is 181 Å². The molecule has 0 radical (unpaired) electrons. The van der Waals surface area contributed by atoms with Crippen LogP contribution in [0.15, 0.2) is 30.3 Å². The van der Waals surface area contributed by atoms with Gasteiger partial charge in [-0.1, -0.05) is 12.1 Å². The van der Waals surface area contributed by atoms with Gasteiger partial charge in [0, 0.05) is 18.2 Å². The molecule has 0 fully saturated rings. The fourth-order valence-corrected chi connectivity index (χ4v) is 4.07. The first-order valence-corrected chi connectivity index (χ1v) is 10.0. The molecular formula is C23H27NO7. The highest BCUT2D eigenvalue weighted by Crippen LogP contribution is 2.49. The summed E-state index contributed by atoms with van der Waals surface area (Å²) in [5, 5.41) is 10.2. The molecule has 0 unspecified atom stereocenters. The number of benzene rings is 2. The van der Waals surface area contributed by atoms with Crippen LogP contribution in [0.25, 0.3) is 0 Å². The van der Waals surface area contributed by atoms with Crippen molar-refractivity contribution in [2.24, 2.45) is 0 Å². The predicted octanol–water partition coefficient (Wildman–Crippen LogP) is 3.50. The molecule has 31 heavy (non-hydrogen) atoms. The highest BCUT2D eigenvalue weighted by atomic mass is 16.5. The van der Waals surface area contributed by atoms with Crippen LogP contribution in [0.2, 0.25) is 0 Å². The van der Waals surface area contributed by atoms with Crippen LogP contribution in [-0.4, -0.2) is 56.4 Å². The van der Waals surface area contributed by atoms with Crippen molar-refractivity contribution in [3.63, 3.8) is 0 Å². The zero-order valence-electron chi connectivity index (χ0n) is 18.3. The van der Waals surface area contributed by atoms with Crippen LogP contribution < -0.4 is 18.9 Å². The van der Waals surface area contributed by atoms with Gasteiger partial charge in [-0.3, -0.25) is 9.59 Å². The molecule has 1 heterocycles. The number of likely N-dealkylation sites (N-methyl/N-ethyl adjacent to an activating group) is 1. The molecule has 3 rings (SSSR count). The fraction of sp³-hybridized carbons (Fsp3) is 0.391. The summed E-state index contributed by atoms with van der Waals surface area (Å²) in [5.41, 5.74) is 1.19. The molecule has 0 spiro atoms. The van der Waals surface area contributed by atoms with Gasteiger partial charge in [0.25, 0.3) is 5.91 Å². The van der Waals surface area contributed by atoms with E-state index in [9.17, 15) is 14.7 Å². The number of aliphatic carboxylic acids is 1. The largest absolute Gasteiger partial charge is 0.493 e. The number of carbonyl (C=O) groups excluding carboxylic acids is 1. The number of rotatable bonds is 8. The van der Waals surface area contributed by atoms with Crippen molar-refractivity contribution in [1.82, 2.24) is 4.90 Å². The van der Waals surface area contributed by atoms with Crippen LogP contribution in [0.3, 0.4) is 0 Å². The van der Waals surface area contributed by atoms with Gasteiger partial charge >= 0.3 is 5.97 Å². The first-order chi connectivity index (χ1) is 14.9. The number of ether oxygens (including phenoxy) is 4. The Kier molecular flexibility index (Phi) is 6.58. The number of amides is 1. The molecule has 8 nitrogen and oxygen atoms in total. The Bertz CT molecular complexity index is 988. The molecule has 2 aromatic rings. The third-order valence-corrected chi connectivity index (χ3v) is 5.35. The maximum Gasteiger partial charge on any atom is 0.313 e. The molecule has 2 aromatic carbocycles. The zero-order valence-corrected chi connectivity index (χ0v) is 18.3. The fourth-order valence-electron chi connectivity index (χ4n) is 4.07. The lowest BCUT2D eigenvalue weighted by Crippen LogP contribution is -2.42. The van der Waals surface area contributed by atoms with Crippen molar-refractivity contribution in [3.8, 4) is 23.0 Å². The van der Waals surface area contributed by atoms with Gasteiger partial charge in [-0.25, -0.2) is 0 Å². The summed E-state index contributed by atoms with van der Waals surface area (Å²) in [4.78, 5) is 27.2. The number of fused-ring (bicyclic) bond motifs is 1. The van der Waals surface area contributed by atoms with Crippen molar-refractivity contribution in [2.75, 3.05) is 34.5 Å². The van der Waals surface area contributed by atoms with Gasteiger partial charge in [-0.15, -0.1) is 0 Å². The molecule has 166 valence electrons. The monoisotopic (exact) mass is 429 g/mol. The minimum Gasteiger partial charge on any atom is -0.493 e. The highest BCUT2D eigenvalue weighted by Gasteiger charge is 2.45. The van der Waals surface area contributed by atoms with Crippen molar-refractivity contribution in [3.05, 3.63) is 47.0 Å². The van der Waals surface area contributed by atoms with E-state index in [1.54, 1.807) is 37.4 Å². The summed E-state index contributed by atoms with van der Waals surface area (Å²) in [6, 6.07) is 7.57. The van der Waals surface area contributed by atoms with Crippen molar-refractivity contribution in [2.45, 2.75) is 25.8 Å². The van der Waals surface area contributed by atoms with E-state index < -0.39 is 17.9 Å². The van der Waals surface area contributed by atoms with Gasteiger partial charge in [-0.05, 0) is 37.6 Å². The van der Waals surface area contributed by atoms with Crippen LogP contribution in [0, 0.1) is 0 Å².